The lowest BCUT2D eigenvalue weighted by Gasteiger charge is -2.13. The summed E-state index contributed by atoms with van der Waals surface area (Å²) in [6.07, 6.45) is 5.08. The minimum Gasteiger partial charge on any atom is -0.348 e. The normalized spacial score (nSPS) is 10.8. The predicted octanol–water partition coefficient (Wildman–Crippen LogP) is 3.32. The van der Waals surface area contributed by atoms with Gasteiger partial charge in [-0.25, -0.2) is 4.68 Å². The van der Waals surface area contributed by atoms with Crippen molar-refractivity contribution in [3.63, 3.8) is 0 Å². The van der Waals surface area contributed by atoms with Gasteiger partial charge in [-0.3, -0.25) is 9.78 Å². The highest BCUT2D eigenvalue weighted by Gasteiger charge is 2.20. The summed E-state index contributed by atoms with van der Waals surface area (Å²) in [6, 6.07) is 13.6. The maximum atomic E-state index is 12.6. The van der Waals surface area contributed by atoms with Gasteiger partial charge in [0.05, 0.1) is 23.1 Å². The molecule has 1 N–H and O–H groups in total. The third kappa shape index (κ3) is 3.35. The van der Waals surface area contributed by atoms with Crippen LogP contribution < -0.4 is 5.32 Å². The molecule has 1 aromatic carbocycles. The van der Waals surface area contributed by atoms with Crippen LogP contribution in [0.4, 0.5) is 0 Å². The quantitative estimate of drug-likeness (QED) is 0.784. The number of carbonyl (C=O) groups excluding carboxylic acids is 1. The zero-order valence-corrected chi connectivity index (χ0v) is 13.8. The van der Waals surface area contributed by atoms with Crippen LogP contribution in [-0.2, 0) is 6.54 Å². The van der Waals surface area contributed by atoms with Crippen molar-refractivity contribution in [3.8, 4) is 5.69 Å². The molecular weight excluding hydrogens is 300 g/mol. The van der Waals surface area contributed by atoms with Gasteiger partial charge < -0.3 is 5.32 Å². The molecule has 3 rings (SSSR count). The third-order valence-electron chi connectivity index (χ3n) is 3.80. The lowest BCUT2D eigenvalue weighted by molar-refractivity contribution is 0.0949. The topological polar surface area (TPSA) is 59.8 Å². The van der Waals surface area contributed by atoms with Crippen molar-refractivity contribution >= 4 is 5.91 Å². The van der Waals surface area contributed by atoms with Crippen molar-refractivity contribution in [2.24, 2.45) is 0 Å². The van der Waals surface area contributed by atoms with Crippen molar-refractivity contribution in [2.75, 3.05) is 0 Å². The van der Waals surface area contributed by atoms with Gasteiger partial charge >= 0.3 is 0 Å². The Hall–Kier alpha value is -2.95. The summed E-state index contributed by atoms with van der Waals surface area (Å²) in [6.45, 7) is 4.60. The molecule has 0 aliphatic rings. The highest BCUT2D eigenvalue weighted by Crippen LogP contribution is 2.23. The van der Waals surface area contributed by atoms with Gasteiger partial charge in [-0.15, -0.1) is 0 Å². The molecule has 0 aliphatic carbocycles. The van der Waals surface area contributed by atoms with Crippen LogP contribution in [0, 0.1) is 0 Å². The third-order valence-corrected chi connectivity index (χ3v) is 3.80. The van der Waals surface area contributed by atoms with E-state index in [2.05, 4.69) is 29.2 Å². The van der Waals surface area contributed by atoms with Crippen LogP contribution in [0.1, 0.15) is 41.4 Å². The van der Waals surface area contributed by atoms with Crippen LogP contribution in [0.5, 0.6) is 0 Å². The Morgan fingerprint density at radius 1 is 1.12 bits per heavy atom. The highest BCUT2D eigenvalue weighted by atomic mass is 16.1. The maximum Gasteiger partial charge on any atom is 0.255 e. The maximum absolute atomic E-state index is 12.6. The van der Waals surface area contributed by atoms with E-state index in [1.165, 1.54) is 0 Å². The van der Waals surface area contributed by atoms with Crippen LogP contribution in [0.3, 0.4) is 0 Å². The summed E-state index contributed by atoms with van der Waals surface area (Å²) in [4.78, 5) is 16.6. The second-order valence-electron chi connectivity index (χ2n) is 5.88. The summed E-state index contributed by atoms with van der Waals surface area (Å²) in [5, 5.41) is 7.38. The molecule has 0 bridgehead atoms. The summed E-state index contributed by atoms with van der Waals surface area (Å²) < 4.78 is 1.84. The molecule has 0 saturated carbocycles. The van der Waals surface area contributed by atoms with Crippen molar-refractivity contribution in [3.05, 3.63) is 77.9 Å². The minimum absolute atomic E-state index is 0.113. The average molecular weight is 320 g/mol. The van der Waals surface area contributed by atoms with Gasteiger partial charge in [-0.1, -0.05) is 32.0 Å². The van der Waals surface area contributed by atoms with E-state index in [0.29, 0.717) is 12.1 Å². The van der Waals surface area contributed by atoms with Gasteiger partial charge in [0.1, 0.15) is 0 Å². The van der Waals surface area contributed by atoms with E-state index in [-0.39, 0.29) is 11.8 Å². The number of nitrogens with one attached hydrogen (secondary N) is 1. The fourth-order valence-electron chi connectivity index (χ4n) is 2.64. The molecule has 0 atom stereocenters. The lowest BCUT2D eigenvalue weighted by Crippen LogP contribution is -2.24. The number of carbonyl (C=O) groups is 1. The van der Waals surface area contributed by atoms with E-state index in [0.717, 1.165) is 16.9 Å². The van der Waals surface area contributed by atoms with Gasteiger partial charge in [0.15, 0.2) is 0 Å². The number of aromatic nitrogens is 3. The van der Waals surface area contributed by atoms with Crippen LogP contribution in [0.15, 0.2) is 61.1 Å². The van der Waals surface area contributed by atoms with Crippen LogP contribution in [0.25, 0.3) is 5.69 Å². The molecule has 0 spiro atoms. The molecule has 0 radical (unpaired) electrons. The molecule has 2 heterocycles. The second-order valence-corrected chi connectivity index (χ2v) is 5.88. The molecule has 5 heteroatoms. The number of pyridine rings is 1. The van der Waals surface area contributed by atoms with Gasteiger partial charge in [-0.2, -0.15) is 5.10 Å². The molecule has 2 aromatic heterocycles. The number of hydrogen-bond donors (Lipinski definition) is 1. The number of hydrogen-bond acceptors (Lipinski definition) is 3. The molecule has 3 aromatic rings. The van der Waals surface area contributed by atoms with Crippen molar-refractivity contribution in [1.29, 1.82) is 0 Å². The number of amides is 1. The molecule has 0 fully saturated rings. The zero-order chi connectivity index (χ0) is 16.9. The van der Waals surface area contributed by atoms with E-state index < -0.39 is 0 Å². The Morgan fingerprint density at radius 3 is 2.50 bits per heavy atom. The molecule has 0 unspecified atom stereocenters. The van der Waals surface area contributed by atoms with E-state index in [1.807, 2.05) is 47.1 Å². The van der Waals surface area contributed by atoms with Gasteiger partial charge in [0, 0.05) is 18.9 Å². The van der Waals surface area contributed by atoms with E-state index in [1.54, 1.807) is 18.6 Å². The van der Waals surface area contributed by atoms with Crippen molar-refractivity contribution in [1.82, 2.24) is 20.1 Å². The molecular formula is C19H20N4O. The molecule has 5 nitrogen and oxygen atoms in total. The van der Waals surface area contributed by atoms with E-state index >= 15 is 0 Å². The van der Waals surface area contributed by atoms with E-state index in [9.17, 15) is 4.79 Å². The summed E-state index contributed by atoms with van der Waals surface area (Å²) in [5.74, 6) is 0.0621. The fourth-order valence-corrected chi connectivity index (χ4v) is 2.64. The smallest absolute Gasteiger partial charge is 0.255 e. The van der Waals surface area contributed by atoms with Crippen molar-refractivity contribution < 1.29 is 4.79 Å². The Bertz CT molecular complexity index is 810. The minimum atomic E-state index is -0.113. The number of rotatable bonds is 5. The summed E-state index contributed by atoms with van der Waals surface area (Å²) >= 11 is 0. The predicted molar refractivity (Wildman–Crippen MR) is 93.1 cm³/mol. The number of benzene rings is 1. The van der Waals surface area contributed by atoms with Gasteiger partial charge in [-0.05, 0) is 35.7 Å². The van der Waals surface area contributed by atoms with Gasteiger partial charge in [0.2, 0.25) is 0 Å². The standard InChI is InChI=1S/C19H20N4O/c1-14(2)18-17(13-22-23(18)16-6-4-3-5-7-16)19(24)21-12-15-8-10-20-11-9-15/h3-11,13-14H,12H2,1-2H3,(H,21,24). The Morgan fingerprint density at radius 2 is 1.83 bits per heavy atom. The Labute approximate surface area is 141 Å². The Kier molecular flexibility index (Phi) is 4.70. The van der Waals surface area contributed by atoms with Crippen LogP contribution in [0.2, 0.25) is 0 Å². The molecule has 0 aliphatic heterocycles. The lowest BCUT2D eigenvalue weighted by atomic mass is 10.0. The number of nitrogens with zero attached hydrogens (tertiary/aromatic N) is 3. The van der Waals surface area contributed by atoms with Crippen LogP contribution in [-0.4, -0.2) is 20.7 Å². The second kappa shape index (κ2) is 7.08. The van der Waals surface area contributed by atoms with E-state index in [4.69, 9.17) is 0 Å². The molecule has 24 heavy (non-hydrogen) atoms. The molecule has 0 saturated heterocycles. The highest BCUT2D eigenvalue weighted by molar-refractivity contribution is 5.95. The van der Waals surface area contributed by atoms with Crippen molar-refractivity contribution in [2.45, 2.75) is 26.3 Å². The molecule has 1 amide bonds. The first kappa shape index (κ1) is 15.9. The fraction of sp³-hybridized carbons (Fsp3) is 0.211. The first-order valence-corrected chi connectivity index (χ1v) is 7.97. The monoisotopic (exact) mass is 320 g/mol. The SMILES string of the molecule is CC(C)c1c(C(=O)NCc2ccncc2)cnn1-c1ccccc1. The zero-order valence-electron chi connectivity index (χ0n) is 13.8. The number of para-hydroxylation sites is 1. The largest absolute Gasteiger partial charge is 0.348 e. The molecule has 122 valence electrons. The first-order valence-electron chi connectivity index (χ1n) is 7.97. The van der Waals surface area contributed by atoms with Crippen LogP contribution >= 0.6 is 0 Å². The first-order chi connectivity index (χ1) is 11.7. The Balaban J connectivity index is 1.85. The van der Waals surface area contributed by atoms with Gasteiger partial charge in [0.25, 0.3) is 5.91 Å². The summed E-state index contributed by atoms with van der Waals surface area (Å²) in [5.41, 5.74) is 3.49. The summed E-state index contributed by atoms with van der Waals surface area (Å²) in [7, 11) is 0. The average Bonchev–Trinajstić information content (AvgIpc) is 3.07.